The smallest absolute Gasteiger partial charge is 0.234 e. The summed E-state index contributed by atoms with van der Waals surface area (Å²) in [5.74, 6) is 1.17. The number of fused-ring (bicyclic) bond motifs is 1. The van der Waals surface area contributed by atoms with Gasteiger partial charge in [-0.25, -0.2) is 0 Å². The summed E-state index contributed by atoms with van der Waals surface area (Å²) >= 11 is 0. The molecule has 4 rings (SSSR count). The maximum atomic E-state index is 12.6. The highest BCUT2D eigenvalue weighted by Crippen LogP contribution is 2.26. The van der Waals surface area contributed by atoms with E-state index in [1.165, 1.54) is 22.3 Å². The van der Waals surface area contributed by atoms with E-state index in [0.717, 1.165) is 57.9 Å². The lowest BCUT2D eigenvalue weighted by molar-refractivity contribution is -0.123. The molecule has 0 aromatic heterocycles. The largest absolute Gasteiger partial charge is 0.493 e. The molecule has 5 heteroatoms. The molecule has 1 amide bonds. The summed E-state index contributed by atoms with van der Waals surface area (Å²) in [6.45, 7) is 10.3. The molecule has 0 radical (unpaired) electrons. The summed E-state index contributed by atoms with van der Waals surface area (Å²) < 4.78 is 5.61. The lowest BCUT2D eigenvalue weighted by atomic mass is 10.0. The van der Waals surface area contributed by atoms with E-state index in [9.17, 15) is 4.79 Å². The maximum absolute atomic E-state index is 12.6. The number of nitrogens with one attached hydrogen (secondary N) is 1. The number of hydrogen-bond donors (Lipinski definition) is 1. The number of carbonyl (C=O) groups excluding carboxylic acids is 1. The van der Waals surface area contributed by atoms with Crippen LogP contribution >= 0.6 is 0 Å². The van der Waals surface area contributed by atoms with Crippen LogP contribution in [-0.2, 0) is 17.8 Å². The lowest BCUT2D eigenvalue weighted by Crippen LogP contribution is -2.49. The van der Waals surface area contributed by atoms with Crippen LogP contribution in [0.2, 0.25) is 0 Å². The first-order valence-corrected chi connectivity index (χ1v) is 11.2. The zero-order chi connectivity index (χ0) is 20.9. The number of piperazine rings is 1. The van der Waals surface area contributed by atoms with Gasteiger partial charge in [0.1, 0.15) is 5.75 Å². The van der Waals surface area contributed by atoms with Crippen LogP contribution in [0.1, 0.15) is 41.6 Å². The summed E-state index contributed by atoms with van der Waals surface area (Å²) in [7, 11) is 0. The second-order valence-corrected chi connectivity index (χ2v) is 8.53. The van der Waals surface area contributed by atoms with Crippen molar-refractivity contribution in [2.24, 2.45) is 0 Å². The van der Waals surface area contributed by atoms with Crippen LogP contribution in [0.5, 0.6) is 5.75 Å². The van der Waals surface area contributed by atoms with E-state index >= 15 is 0 Å². The van der Waals surface area contributed by atoms with Gasteiger partial charge in [-0.15, -0.1) is 0 Å². The second kappa shape index (κ2) is 9.63. The van der Waals surface area contributed by atoms with Crippen LogP contribution in [0.3, 0.4) is 0 Å². The number of aryl methyl sites for hydroxylation is 1. The van der Waals surface area contributed by atoms with Gasteiger partial charge in [-0.05, 0) is 36.1 Å². The molecular weight excluding hydrogens is 374 g/mol. The summed E-state index contributed by atoms with van der Waals surface area (Å²) in [5.41, 5.74) is 5.11. The van der Waals surface area contributed by atoms with Gasteiger partial charge < -0.3 is 10.1 Å². The first-order chi connectivity index (χ1) is 14.6. The Morgan fingerprint density at radius 1 is 1.07 bits per heavy atom. The minimum atomic E-state index is 0.0863. The molecule has 0 unspecified atom stereocenters. The topological polar surface area (TPSA) is 44.8 Å². The van der Waals surface area contributed by atoms with Crippen LogP contribution < -0.4 is 10.1 Å². The number of ether oxygens (including phenoxy) is 1. The highest BCUT2D eigenvalue weighted by Gasteiger charge is 2.21. The van der Waals surface area contributed by atoms with Crippen LogP contribution in [-0.4, -0.2) is 55.0 Å². The Kier molecular flexibility index (Phi) is 6.70. The zero-order valence-corrected chi connectivity index (χ0v) is 18.2. The van der Waals surface area contributed by atoms with Gasteiger partial charge in [0, 0.05) is 39.1 Å². The standard InChI is InChI=1S/C25H33N3O2/c1-3-23(21-7-4-19(2)5-8-21)26-25(29)18-28-13-11-27(12-14-28)17-20-6-9-24-22(16-20)10-15-30-24/h4-9,16,23H,3,10-15,17-18H2,1-2H3,(H,26,29)/t23-/m1/s1. The monoisotopic (exact) mass is 407 g/mol. The molecular formula is C25H33N3O2. The molecule has 160 valence electrons. The fourth-order valence-electron chi connectivity index (χ4n) is 4.36. The van der Waals surface area contributed by atoms with E-state index in [1.54, 1.807) is 0 Å². The van der Waals surface area contributed by atoms with Gasteiger partial charge in [-0.2, -0.15) is 0 Å². The third-order valence-electron chi connectivity index (χ3n) is 6.22. The Bertz CT molecular complexity index is 857. The van der Waals surface area contributed by atoms with E-state index in [1.807, 2.05) is 0 Å². The molecule has 1 saturated heterocycles. The molecule has 1 atom stereocenters. The fourth-order valence-corrected chi connectivity index (χ4v) is 4.36. The maximum Gasteiger partial charge on any atom is 0.234 e. The quantitative estimate of drug-likeness (QED) is 0.765. The van der Waals surface area contributed by atoms with Crippen molar-refractivity contribution in [1.82, 2.24) is 15.1 Å². The molecule has 2 aromatic rings. The Hall–Kier alpha value is -2.37. The summed E-state index contributed by atoms with van der Waals surface area (Å²) in [6, 6.07) is 15.1. The van der Waals surface area contributed by atoms with Gasteiger partial charge in [0.25, 0.3) is 0 Å². The van der Waals surface area contributed by atoms with Crippen molar-refractivity contribution in [2.75, 3.05) is 39.3 Å². The lowest BCUT2D eigenvalue weighted by Gasteiger charge is -2.34. The SMILES string of the molecule is CC[C@@H](NC(=O)CN1CCN(Cc2ccc3c(c2)CCO3)CC1)c1ccc(C)cc1. The summed E-state index contributed by atoms with van der Waals surface area (Å²) in [4.78, 5) is 17.4. The fraction of sp³-hybridized carbons (Fsp3) is 0.480. The van der Waals surface area contributed by atoms with Gasteiger partial charge in [0.05, 0.1) is 19.2 Å². The third kappa shape index (κ3) is 5.21. The van der Waals surface area contributed by atoms with Crippen LogP contribution in [0.4, 0.5) is 0 Å². The highest BCUT2D eigenvalue weighted by atomic mass is 16.5. The van der Waals surface area contributed by atoms with Crippen molar-refractivity contribution in [3.8, 4) is 5.75 Å². The van der Waals surface area contributed by atoms with Crippen molar-refractivity contribution >= 4 is 5.91 Å². The summed E-state index contributed by atoms with van der Waals surface area (Å²) in [6.07, 6.45) is 1.92. The minimum Gasteiger partial charge on any atom is -0.493 e. The second-order valence-electron chi connectivity index (χ2n) is 8.53. The van der Waals surface area contributed by atoms with Gasteiger partial charge in [-0.3, -0.25) is 14.6 Å². The summed E-state index contributed by atoms with van der Waals surface area (Å²) in [5, 5.41) is 3.22. The van der Waals surface area contributed by atoms with E-state index < -0.39 is 0 Å². The van der Waals surface area contributed by atoms with Gasteiger partial charge in [0.15, 0.2) is 0 Å². The molecule has 2 aliphatic rings. The van der Waals surface area contributed by atoms with Crippen molar-refractivity contribution in [2.45, 2.75) is 39.3 Å². The number of rotatable bonds is 7. The molecule has 1 N–H and O–H groups in total. The Labute approximate surface area is 180 Å². The number of hydrogen-bond acceptors (Lipinski definition) is 4. The predicted molar refractivity (Wildman–Crippen MR) is 120 cm³/mol. The first kappa shape index (κ1) is 20.9. The molecule has 30 heavy (non-hydrogen) atoms. The molecule has 0 saturated carbocycles. The predicted octanol–water partition coefficient (Wildman–Crippen LogP) is 3.32. The normalized spacial score (nSPS) is 17.9. The molecule has 2 heterocycles. The average molecular weight is 408 g/mol. The van der Waals surface area contributed by atoms with Crippen molar-refractivity contribution < 1.29 is 9.53 Å². The minimum absolute atomic E-state index is 0.0863. The molecule has 0 spiro atoms. The number of nitrogens with zero attached hydrogens (tertiary/aromatic N) is 2. The highest BCUT2D eigenvalue weighted by molar-refractivity contribution is 5.78. The molecule has 0 bridgehead atoms. The van der Waals surface area contributed by atoms with Crippen LogP contribution in [0, 0.1) is 6.92 Å². The van der Waals surface area contributed by atoms with Gasteiger partial charge >= 0.3 is 0 Å². The molecule has 2 aromatic carbocycles. The first-order valence-electron chi connectivity index (χ1n) is 11.2. The van der Waals surface area contributed by atoms with E-state index in [4.69, 9.17) is 4.74 Å². The van der Waals surface area contributed by atoms with Gasteiger partial charge in [-0.1, -0.05) is 48.9 Å². The Balaban J connectivity index is 1.23. The van der Waals surface area contributed by atoms with E-state index in [2.05, 4.69) is 71.4 Å². The third-order valence-corrected chi connectivity index (χ3v) is 6.22. The molecule has 2 aliphatic heterocycles. The van der Waals surface area contributed by atoms with Crippen LogP contribution in [0.15, 0.2) is 42.5 Å². The van der Waals surface area contributed by atoms with Crippen molar-refractivity contribution in [1.29, 1.82) is 0 Å². The molecule has 5 nitrogen and oxygen atoms in total. The van der Waals surface area contributed by atoms with E-state index in [-0.39, 0.29) is 11.9 Å². The Morgan fingerprint density at radius 2 is 1.80 bits per heavy atom. The zero-order valence-electron chi connectivity index (χ0n) is 18.2. The molecule has 0 aliphatic carbocycles. The number of carbonyl (C=O) groups is 1. The van der Waals surface area contributed by atoms with Crippen molar-refractivity contribution in [3.63, 3.8) is 0 Å². The number of amides is 1. The average Bonchev–Trinajstić information content (AvgIpc) is 3.22. The van der Waals surface area contributed by atoms with Crippen LogP contribution in [0.25, 0.3) is 0 Å². The molecule has 1 fully saturated rings. The van der Waals surface area contributed by atoms with Gasteiger partial charge in [0.2, 0.25) is 5.91 Å². The van der Waals surface area contributed by atoms with E-state index in [0.29, 0.717) is 6.54 Å². The Morgan fingerprint density at radius 3 is 2.53 bits per heavy atom. The van der Waals surface area contributed by atoms with Crippen molar-refractivity contribution in [3.05, 3.63) is 64.7 Å². The number of benzene rings is 2.